The summed E-state index contributed by atoms with van der Waals surface area (Å²) in [5.74, 6) is 0. The predicted octanol–water partition coefficient (Wildman–Crippen LogP) is 15.9. The molecular formula is C55H46S. The molecule has 0 unspecified atom stereocenters. The molecule has 2 aliphatic rings. The Labute approximate surface area is 334 Å². The summed E-state index contributed by atoms with van der Waals surface area (Å²) >= 11 is 1.89. The fourth-order valence-electron chi connectivity index (χ4n) is 8.92. The first-order chi connectivity index (χ1) is 27.3. The lowest BCUT2D eigenvalue weighted by molar-refractivity contribution is 0.649. The molecule has 0 aliphatic heterocycles. The van der Waals surface area contributed by atoms with Gasteiger partial charge in [-0.15, -0.1) is 11.3 Å². The maximum absolute atomic E-state index is 4.65. The van der Waals surface area contributed by atoms with E-state index in [1.807, 2.05) is 11.3 Å². The van der Waals surface area contributed by atoms with E-state index in [9.17, 15) is 0 Å². The zero-order valence-electron chi connectivity index (χ0n) is 32.5. The summed E-state index contributed by atoms with van der Waals surface area (Å²) < 4.78 is 2.71. The number of hydrogen-bond donors (Lipinski definition) is 0. The van der Waals surface area contributed by atoms with E-state index in [0.717, 1.165) is 36.0 Å². The molecule has 0 bridgehead atoms. The molecule has 0 saturated carbocycles. The molecule has 0 spiro atoms. The van der Waals surface area contributed by atoms with Crippen molar-refractivity contribution in [2.24, 2.45) is 0 Å². The van der Waals surface area contributed by atoms with Gasteiger partial charge in [0.15, 0.2) is 0 Å². The minimum atomic E-state index is -0.0843. The van der Waals surface area contributed by atoms with Gasteiger partial charge >= 0.3 is 0 Å². The summed E-state index contributed by atoms with van der Waals surface area (Å²) in [5, 5.41) is 10.4. The molecule has 0 fully saturated rings. The van der Waals surface area contributed by atoms with Crippen LogP contribution in [0.25, 0.3) is 63.6 Å². The van der Waals surface area contributed by atoms with Crippen molar-refractivity contribution in [3.05, 3.63) is 216 Å². The SMILES string of the molecule is C=C(/C=C\C(=C)c1c2ccccc2c(C2=C/C=C\C/C=C\C=C/C2)c2ccccc12)/C(C)=C/C=C1\Cc2ccc3cc4sc5ccccc5c4cc3c2C1(C)C. The van der Waals surface area contributed by atoms with Crippen molar-refractivity contribution in [2.45, 2.75) is 45.4 Å². The Morgan fingerprint density at radius 1 is 0.679 bits per heavy atom. The van der Waals surface area contributed by atoms with Gasteiger partial charge in [-0.3, -0.25) is 0 Å². The van der Waals surface area contributed by atoms with Crippen LogP contribution in [0.15, 0.2) is 194 Å². The molecule has 7 aromatic rings. The summed E-state index contributed by atoms with van der Waals surface area (Å²) in [7, 11) is 0. The first kappa shape index (κ1) is 35.7. The van der Waals surface area contributed by atoms with E-state index < -0.39 is 0 Å². The second kappa shape index (κ2) is 14.6. The van der Waals surface area contributed by atoms with Crippen LogP contribution in [-0.2, 0) is 11.8 Å². The molecule has 0 amide bonds. The standard InChI is InChI=1S/C55H46S/c1-36(37(2)29-32-42-33-41-31-30-40-34-51-49(35-48(40)54(41)55(42,4)5)43-21-17-18-26-50(43)56-51)27-28-38(3)52-44-22-13-15-24-46(44)53(47-25-16-14-23-45(47)52)39-19-11-9-7-6-8-10-12-20-39/h6-7,9-18,20-32,34-35H,1,3,8,19,33H2,2,4-5H3/b7-6-,11-9-,12-10-,28-27-,37-29+,39-20?,42-32+. The van der Waals surface area contributed by atoms with Gasteiger partial charge in [0, 0.05) is 25.6 Å². The monoisotopic (exact) mass is 738 g/mol. The lowest BCUT2D eigenvalue weighted by Crippen LogP contribution is -2.15. The predicted molar refractivity (Wildman–Crippen MR) is 249 cm³/mol. The van der Waals surface area contributed by atoms with Gasteiger partial charge in [-0.25, -0.2) is 0 Å². The molecule has 0 atom stereocenters. The van der Waals surface area contributed by atoms with Gasteiger partial charge < -0.3 is 0 Å². The van der Waals surface area contributed by atoms with E-state index in [1.54, 1.807) is 0 Å². The van der Waals surface area contributed by atoms with Crippen molar-refractivity contribution in [3.8, 4) is 0 Å². The molecule has 2 aliphatic carbocycles. The summed E-state index contributed by atoms with van der Waals surface area (Å²) in [6, 6.07) is 35.9. The fourth-order valence-corrected chi connectivity index (χ4v) is 10.1. The van der Waals surface area contributed by atoms with Gasteiger partial charge in [-0.05, 0) is 121 Å². The van der Waals surface area contributed by atoms with Crippen LogP contribution in [0.1, 0.15) is 55.9 Å². The topological polar surface area (TPSA) is 0 Å². The Bertz CT molecular complexity index is 2940. The Kier molecular flexibility index (Phi) is 9.28. The van der Waals surface area contributed by atoms with Crippen LogP contribution in [0, 0.1) is 0 Å². The van der Waals surface area contributed by atoms with Crippen LogP contribution in [0.2, 0.25) is 0 Å². The minimum Gasteiger partial charge on any atom is -0.135 e. The molecule has 1 heterocycles. The number of rotatable bonds is 6. The van der Waals surface area contributed by atoms with Gasteiger partial charge in [0.1, 0.15) is 0 Å². The van der Waals surface area contributed by atoms with Crippen LogP contribution in [0.3, 0.4) is 0 Å². The quantitative estimate of drug-likeness (QED) is 0.118. The highest BCUT2D eigenvalue weighted by atomic mass is 32.1. The Hall–Kier alpha value is -6.02. The lowest BCUT2D eigenvalue weighted by atomic mass is 9.80. The third kappa shape index (κ3) is 6.27. The minimum absolute atomic E-state index is 0.0843. The molecule has 0 saturated heterocycles. The van der Waals surface area contributed by atoms with Crippen molar-refractivity contribution < 1.29 is 0 Å². The van der Waals surface area contributed by atoms with Crippen LogP contribution >= 0.6 is 11.3 Å². The molecule has 1 aromatic heterocycles. The van der Waals surface area contributed by atoms with E-state index in [0.29, 0.717) is 0 Å². The molecule has 272 valence electrons. The summed E-state index contributed by atoms with van der Waals surface area (Å²) in [6.07, 6.45) is 27.1. The van der Waals surface area contributed by atoms with E-state index in [1.165, 1.54) is 85.9 Å². The highest BCUT2D eigenvalue weighted by molar-refractivity contribution is 7.25. The molecule has 0 nitrogen and oxygen atoms in total. The van der Waals surface area contributed by atoms with Crippen LogP contribution < -0.4 is 0 Å². The number of benzene rings is 6. The average molecular weight is 739 g/mol. The Balaban J connectivity index is 1.02. The second-order valence-electron chi connectivity index (χ2n) is 15.8. The summed E-state index contributed by atoms with van der Waals surface area (Å²) in [5.41, 5.74) is 11.1. The van der Waals surface area contributed by atoms with Crippen molar-refractivity contribution in [1.82, 2.24) is 0 Å². The summed E-state index contributed by atoms with van der Waals surface area (Å²) in [6.45, 7) is 16.1. The Morgan fingerprint density at radius 3 is 2.12 bits per heavy atom. The number of allylic oxidation sites excluding steroid dienone is 16. The molecule has 1 heteroatoms. The highest BCUT2D eigenvalue weighted by Crippen LogP contribution is 2.48. The van der Waals surface area contributed by atoms with Gasteiger partial charge in [-0.2, -0.15) is 0 Å². The second-order valence-corrected chi connectivity index (χ2v) is 16.8. The van der Waals surface area contributed by atoms with Crippen molar-refractivity contribution in [2.75, 3.05) is 0 Å². The first-order valence-electron chi connectivity index (χ1n) is 19.7. The number of thiophene rings is 1. The largest absolute Gasteiger partial charge is 0.135 e. The molecule has 9 rings (SSSR count). The van der Waals surface area contributed by atoms with Crippen molar-refractivity contribution in [3.63, 3.8) is 0 Å². The Morgan fingerprint density at radius 2 is 1.36 bits per heavy atom. The molecular weight excluding hydrogens is 693 g/mol. The van der Waals surface area contributed by atoms with Gasteiger partial charge in [-0.1, -0.05) is 178 Å². The zero-order chi connectivity index (χ0) is 38.4. The maximum Gasteiger partial charge on any atom is 0.0361 e. The molecule has 6 aromatic carbocycles. The van der Waals surface area contributed by atoms with Gasteiger partial charge in [0.2, 0.25) is 0 Å². The number of fused-ring (bicyclic) bond motifs is 8. The van der Waals surface area contributed by atoms with Crippen LogP contribution in [0.4, 0.5) is 0 Å². The smallest absolute Gasteiger partial charge is 0.0361 e. The van der Waals surface area contributed by atoms with Crippen LogP contribution in [-0.4, -0.2) is 0 Å². The van der Waals surface area contributed by atoms with E-state index in [2.05, 4.69) is 198 Å². The molecule has 56 heavy (non-hydrogen) atoms. The van der Waals surface area contributed by atoms with Gasteiger partial charge in [0.25, 0.3) is 0 Å². The van der Waals surface area contributed by atoms with Crippen LogP contribution in [0.5, 0.6) is 0 Å². The third-order valence-corrected chi connectivity index (χ3v) is 13.1. The van der Waals surface area contributed by atoms with E-state index >= 15 is 0 Å². The normalized spacial score (nSPS) is 18.2. The maximum atomic E-state index is 4.65. The average Bonchev–Trinajstić information content (AvgIpc) is 3.71. The third-order valence-electron chi connectivity index (χ3n) is 11.9. The van der Waals surface area contributed by atoms with E-state index in [-0.39, 0.29) is 5.41 Å². The van der Waals surface area contributed by atoms with E-state index in [4.69, 9.17) is 0 Å². The van der Waals surface area contributed by atoms with Crippen molar-refractivity contribution >= 4 is 75.0 Å². The first-order valence-corrected chi connectivity index (χ1v) is 20.5. The van der Waals surface area contributed by atoms with Crippen molar-refractivity contribution in [1.29, 1.82) is 0 Å². The fraction of sp³-hybridized carbons (Fsp3) is 0.127. The van der Waals surface area contributed by atoms with Gasteiger partial charge in [0.05, 0.1) is 0 Å². The number of hydrogen-bond acceptors (Lipinski definition) is 1. The molecule has 0 radical (unpaired) electrons. The zero-order valence-corrected chi connectivity index (χ0v) is 33.3. The lowest BCUT2D eigenvalue weighted by Gasteiger charge is -2.23. The molecule has 0 N–H and O–H groups in total. The summed E-state index contributed by atoms with van der Waals surface area (Å²) in [4.78, 5) is 0. The highest BCUT2D eigenvalue weighted by Gasteiger charge is 2.36.